The predicted octanol–water partition coefficient (Wildman–Crippen LogP) is 3.07. The van der Waals surface area contributed by atoms with Crippen LogP contribution in [0.3, 0.4) is 0 Å². The van der Waals surface area contributed by atoms with E-state index in [1.54, 1.807) is 7.11 Å². The van der Waals surface area contributed by atoms with E-state index in [9.17, 15) is 0 Å². The number of benzene rings is 1. The maximum Gasteiger partial charge on any atom is 0.135 e. The minimum absolute atomic E-state index is 0.732. The highest BCUT2D eigenvalue weighted by Crippen LogP contribution is 2.15. The molecule has 0 fully saturated rings. The molecule has 0 bridgehead atoms. The normalized spacial score (nSPS) is 10.3. The van der Waals surface area contributed by atoms with Crippen molar-refractivity contribution in [2.24, 2.45) is 0 Å². The Morgan fingerprint density at radius 1 is 1.15 bits per heavy atom. The minimum Gasteiger partial charge on any atom is -0.497 e. The summed E-state index contributed by atoms with van der Waals surface area (Å²) in [7, 11) is 3.56. The summed E-state index contributed by atoms with van der Waals surface area (Å²) in [5, 5.41) is 3.10. The lowest BCUT2D eigenvalue weighted by Gasteiger charge is -2.08. The molecule has 1 aromatic carbocycles. The fourth-order valence-corrected chi connectivity index (χ4v) is 2.07. The van der Waals surface area contributed by atoms with E-state index in [2.05, 4.69) is 22.2 Å². The van der Waals surface area contributed by atoms with Crippen LogP contribution in [0.15, 0.2) is 30.3 Å². The highest BCUT2D eigenvalue weighted by Gasteiger charge is 2.05. The number of nitrogens with one attached hydrogen (secondary N) is 1. The van der Waals surface area contributed by atoms with Gasteiger partial charge in [0.15, 0.2) is 0 Å². The molecule has 1 N–H and O–H groups in total. The molecule has 0 unspecified atom stereocenters. The Balaban J connectivity index is 2.20. The summed E-state index contributed by atoms with van der Waals surface area (Å²) in [6, 6.07) is 10.0. The third-order valence-electron chi connectivity index (χ3n) is 3.11. The smallest absolute Gasteiger partial charge is 0.135 e. The van der Waals surface area contributed by atoms with Gasteiger partial charge in [0.25, 0.3) is 0 Å². The molecule has 1 aromatic heterocycles. The van der Waals surface area contributed by atoms with Crippen molar-refractivity contribution in [2.75, 3.05) is 19.5 Å². The Bertz CT molecular complexity index is 552. The van der Waals surface area contributed by atoms with Crippen molar-refractivity contribution in [3.63, 3.8) is 0 Å². The van der Waals surface area contributed by atoms with Crippen LogP contribution in [0.4, 0.5) is 5.82 Å². The molecule has 0 saturated carbocycles. The standard InChI is InChI=1S/C16H21N3O/c1-4-5-13-11-15(17-2)19-16(18-13)10-12-6-8-14(20-3)9-7-12/h6-9,11H,4-5,10H2,1-3H3,(H,17,18,19). The zero-order valence-electron chi connectivity index (χ0n) is 12.3. The molecule has 20 heavy (non-hydrogen) atoms. The summed E-state index contributed by atoms with van der Waals surface area (Å²) >= 11 is 0. The van der Waals surface area contributed by atoms with Crippen LogP contribution in [0.5, 0.6) is 5.75 Å². The quantitative estimate of drug-likeness (QED) is 0.877. The summed E-state index contributed by atoms with van der Waals surface area (Å²) < 4.78 is 5.17. The zero-order chi connectivity index (χ0) is 14.4. The maximum atomic E-state index is 5.17. The summed E-state index contributed by atoms with van der Waals surface area (Å²) in [6.07, 6.45) is 2.80. The van der Waals surface area contributed by atoms with E-state index in [1.165, 1.54) is 5.56 Å². The number of aromatic nitrogens is 2. The first kappa shape index (κ1) is 14.3. The van der Waals surface area contributed by atoms with Gasteiger partial charge in [-0.2, -0.15) is 0 Å². The first-order chi connectivity index (χ1) is 9.75. The number of rotatable bonds is 6. The second-order valence-corrected chi connectivity index (χ2v) is 4.69. The molecular weight excluding hydrogens is 250 g/mol. The molecule has 4 nitrogen and oxygen atoms in total. The summed E-state index contributed by atoms with van der Waals surface area (Å²) in [5.41, 5.74) is 2.27. The van der Waals surface area contributed by atoms with Gasteiger partial charge in [-0.3, -0.25) is 0 Å². The molecule has 0 radical (unpaired) electrons. The van der Waals surface area contributed by atoms with Crippen LogP contribution in [-0.4, -0.2) is 24.1 Å². The van der Waals surface area contributed by atoms with Gasteiger partial charge < -0.3 is 10.1 Å². The predicted molar refractivity (Wildman–Crippen MR) is 81.4 cm³/mol. The molecule has 106 valence electrons. The van der Waals surface area contributed by atoms with Crippen LogP contribution >= 0.6 is 0 Å². The molecule has 0 aliphatic heterocycles. The monoisotopic (exact) mass is 271 g/mol. The molecule has 0 amide bonds. The fraction of sp³-hybridized carbons (Fsp3) is 0.375. The van der Waals surface area contributed by atoms with Crippen molar-refractivity contribution in [2.45, 2.75) is 26.2 Å². The molecule has 1 heterocycles. The lowest BCUT2D eigenvalue weighted by atomic mass is 10.1. The molecule has 0 atom stereocenters. The average molecular weight is 271 g/mol. The lowest BCUT2D eigenvalue weighted by molar-refractivity contribution is 0.414. The van der Waals surface area contributed by atoms with Crippen LogP contribution in [0.2, 0.25) is 0 Å². The molecule has 0 aliphatic rings. The number of nitrogens with zero attached hydrogens (tertiary/aromatic N) is 2. The van der Waals surface area contributed by atoms with Gasteiger partial charge in [-0.1, -0.05) is 25.5 Å². The highest BCUT2D eigenvalue weighted by atomic mass is 16.5. The summed E-state index contributed by atoms with van der Waals surface area (Å²) in [6.45, 7) is 2.16. The van der Waals surface area contributed by atoms with Crippen LogP contribution < -0.4 is 10.1 Å². The highest BCUT2D eigenvalue weighted by molar-refractivity contribution is 5.36. The molecular formula is C16H21N3O. The van der Waals surface area contributed by atoms with Gasteiger partial charge in [-0.15, -0.1) is 0 Å². The van der Waals surface area contributed by atoms with Crippen LogP contribution in [-0.2, 0) is 12.8 Å². The van der Waals surface area contributed by atoms with Gasteiger partial charge in [0, 0.05) is 25.2 Å². The van der Waals surface area contributed by atoms with Crippen molar-refractivity contribution >= 4 is 5.82 Å². The number of methoxy groups -OCH3 is 1. The van der Waals surface area contributed by atoms with Gasteiger partial charge in [0.2, 0.25) is 0 Å². The van der Waals surface area contributed by atoms with Crippen LogP contribution in [0, 0.1) is 0 Å². The maximum absolute atomic E-state index is 5.17. The van der Waals surface area contributed by atoms with E-state index in [0.717, 1.165) is 42.3 Å². The number of hydrogen-bond acceptors (Lipinski definition) is 4. The Hall–Kier alpha value is -2.10. The number of anilines is 1. The van der Waals surface area contributed by atoms with Crippen LogP contribution in [0.25, 0.3) is 0 Å². The van der Waals surface area contributed by atoms with Gasteiger partial charge in [-0.25, -0.2) is 9.97 Å². The molecule has 2 aromatic rings. The summed E-state index contributed by atoms with van der Waals surface area (Å²) in [4.78, 5) is 9.15. The van der Waals surface area contributed by atoms with Crippen molar-refractivity contribution in [1.29, 1.82) is 0 Å². The van der Waals surface area contributed by atoms with E-state index in [4.69, 9.17) is 4.74 Å². The van der Waals surface area contributed by atoms with Gasteiger partial charge >= 0.3 is 0 Å². The van der Waals surface area contributed by atoms with E-state index >= 15 is 0 Å². The number of hydrogen-bond donors (Lipinski definition) is 1. The third-order valence-corrected chi connectivity index (χ3v) is 3.11. The topological polar surface area (TPSA) is 47.0 Å². The Kier molecular flexibility index (Phi) is 4.93. The molecule has 0 aliphatic carbocycles. The second-order valence-electron chi connectivity index (χ2n) is 4.69. The molecule has 2 rings (SSSR count). The fourth-order valence-electron chi connectivity index (χ4n) is 2.07. The van der Waals surface area contributed by atoms with Gasteiger partial charge in [-0.05, 0) is 24.1 Å². The Morgan fingerprint density at radius 2 is 1.90 bits per heavy atom. The van der Waals surface area contributed by atoms with E-state index in [0.29, 0.717) is 0 Å². The van der Waals surface area contributed by atoms with E-state index < -0.39 is 0 Å². The first-order valence-corrected chi connectivity index (χ1v) is 6.92. The molecule has 4 heteroatoms. The average Bonchev–Trinajstić information content (AvgIpc) is 2.48. The van der Waals surface area contributed by atoms with Gasteiger partial charge in [0.05, 0.1) is 7.11 Å². The van der Waals surface area contributed by atoms with Crippen molar-refractivity contribution in [3.8, 4) is 5.75 Å². The number of ether oxygens (including phenoxy) is 1. The molecule has 0 saturated heterocycles. The minimum atomic E-state index is 0.732. The van der Waals surface area contributed by atoms with Gasteiger partial charge in [0.1, 0.15) is 17.4 Å². The lowest BCUT2D eigenvalue weighted by Crippen LogP contribution is -2.04. The SMILES string of the molecule is CCCc1cc(NC)nc(Cc2ccc(OC)cc2)n1. The van der Waals surface area contributed by atoms with E-state index in [1.807, 2.05) is 37.4 Å². The van der Waals surface area contributed by atoms with E-state index in [-0.39, 0.29) is 0 Å². The second kappa shape index (κ2) is 6.89. The first-order valence-electron chi connectivity index (χ1n) is 6.92. The third kappa shape index (κ3) is 3.70. The zero-order valence-corrected chi connectivity index (χ0v) is 12.3. The van der Waals surface area contributed by atoms with Crippen molar-refractivity contribution < 1.29 is 4.74 Å². The largest absolute Gasteiger partial charge is 0.497 e. The molecule has 0 spiro atoms. The van der Waals surface area contributed by atoms with Crippen LogP contribution in [0.1, 0.15) is 30.4 Å². The van der Waals surface area contributed by atoms with Crippen molar-refractivity contribution in [3.05, 3.63) is 47.4 Å². The Labute approximate surface area is 120 Å². The number of aryl methyl sites for hydroxylation is 1. The summed E-state index contributed by atoms with van der Waals surface area (Å²) in [5.74, 6) is 2.60. The van der Waals surface area contributed by atoms with Crippen molar-refractivity contribution in [1.82, 2.24) is 9.97 Å². The Morgan fingerprint density at radius 3 is 2.50 bits per heavy atom.